The van der Waals surface area contributed by atoms with Crippen molar-refractivity contribution in [2.45, 2.75) is 0 Å². The van der Waals surface area contributed by atoms with Gasteiger partial charge < -0.3 is 4.89 Å². The van der Waals surface area contributed by atoms with Gasteiger partial charge in [-0.25, -0.2) is 0 Å². The molecule has 0 aliphatic carbocycles. The summed E-state index contributed by atoms with van der Waals surface area (Å²) in [5, 5.41) is 0. The quantitative estimate of drug-likeness (QED) is 0.412. The molecule has 0 spiro atoms. The minimum absolute atomic E-state index is 0. The Bertz CT molecular complexity index is 32.6. The van der Waals surface area contributed by atoms with E-state index in [-0.39, 0.29) is 17.1 Å². The van der Waals surface area contributed by atoms with E-state index in [1.807, 2.05) is 0 Å². The van der Waals surface area contributed by atoms with E-state index in [4.69, 9.17) is 9.46 Å². The van der Waals surface area contributed by atoms with Gasteiger partial charge in [-0.15, -0.1) is 0 Å². The van der Waals surface area contributed by atoms with Gasteiger partial charge in [0, 0.05) is 17.1 Å². The monoisotopic (exact) mass is 156 g/mol. The van der Waals surface area contributed by atoms with Gasteiger partial charge in [0.1, 0.15) is 0 Å². The maximum absolute atomic E-state index is 8.95. The van der Waals surface area contributed by atoms with Crippen molar-refractivity contribution in [3.63, 3.8) is 0 Å². The number of rotatable bonds is 0. The van der Waals surface area contributed by atoms with Crippen molar-refractivity contribution in [1.82, 2.24) is 0 Å². The second-order valence-electron chi connectivity index (χ2n) is 0.253. The largest absolute Gasteiger partial charge is 0.335 e. The average Bonchev–Trinajstić information content (AvgIpc) is 0.811. The van der Waals surface area contributed by atoms with Crippen molar-refractivity contribution in [2.24, 2.45) is 0 Å². The maximum Gasteiger partial charge on any atom is 0.276 e. The van der Waals surface area contributed by atoms with Crippen LogP contribution in [-0.2, 0) is 21.6 Å². The molecule has 0 rings (SSSR count). The molecule has 0 radical (unpaired) electrons. The van der Waals surface area contributed by atoms with E-state index >= 15 is 0 Å². The molecule has 1 N–H and O–H groups in total. The van der Waals surface area contributed by atoms with Gasteiger partial charge in [0.15, 0.2) is 0 Å². The molecule has 34 valence electrons. The van der Waals surface area contributed by atoms with Gasteiger partial charge >= 0.3 is 0 Å². The topological polar surface area (TPSA) is 37.3 Å². The first-order valence-electron chi connectivity index (χ1n) is 0.617. The minimum Gasteiger partial charge on any atom is -0.335 e. The predicted molar refractivity (Wildman–Crippen MR) is 17.1 cm³/mol. The summed E-state index contributed by atoms with van der Waals surface area (Å²) in [6, 6.07) is 0. The molecule has 0 fully saturated rings. The average molecular weight is 156 g/mol. The van der Waals surface area contributed by atoms with E-state index in [9.17, 15) is 0 Å². The van der Waals surface area contributed by atoms with Gasteiger partial charge in [-0.3, -0.25) is 4.57 Å². The third-order valence-corrected chi connectivity index (χ3v) is 0. The van der Waals surface area contributed by atoms with Crippen LogP contribution < -0.4 is 0 Å². The van der Waals surface area contributed by atoms with Crippen LogP contribution in [0.25, 0.3) is 0 Å². The zero-order valence-corrected chi connectivity index (χ0v) is 4.95. The van der Waals surface area contributed by atoms with E-state index < -0.39 is 7.38 Å². The van der Waals surface area contributed by atoms with E-state index in [1.165, 1.54) is 0 Å². The Hall–Kier alpha value is 0.999. The molecule has 1 atom stereocenters. The van der Waals surface area contributed by atoms with Gasteiger partial charge in [0.05, 0.1) is 0 Å². The molecule has 0 heterocycles. The normalized spacial score (nSPS) is 12.4. The third-order valence-electron chi connectivity index (χ3n) is 0. The Balaban J connectivity index is 0. The SMILES string of the molecule is O=[PH](O)Cl.[Fe]. The van der Waals surface area contributed by atoms with Crippen LogP contribution in [-0.4, -0.2) is 4.89 Å². The molecule has 0 amide bonds. The summed E-state index contributed by atoms with van der Waals surface area (Å²) >= 11 is 4.38. The van der Waals surface area contributed by atoms with Crippen molar-refractivity contribution in [3.8, 4) is 0 Å². The summed E-state index contributed by atoms with van der Waals surface area (Å²) in [6.45, 7) is 0. The van der Waals surface area contributed by atoms with Crippen LogP contribution in [0.3, 0.4) is 0 Å². The summed E-state index contributed by atoms with van der Waals surface area (Å²) in [5.74, 6) is 0. The van der Waals surface area contributed by atoms with Crippen LogP contribution in [0.4, 0.5) is 0 Å². The van der Waals surface area contributed by atoms with Crippen molar-refractivity contribution >= 4 is 18.6 Å². The third kappa shape index (κ3) is 45.0. The van der Waals surface area contributed by atoms with E-state index in [2.05, 4.69) is 11.2 Å². The Kier molecular flexibility index (Phi) is 9.37. The molecular weight excluding hydrogens is 154 g/mol. The molecule has 0 aromatic carbocycles. The molecule has 0 aromatic heterocycles. The molecule has 0 saturated heterocycles. The second-order valence-corrected chi connectivity index (χ2v) is 1.73. The van der Waals surface area contributed by atoms with Gasteiger partial charge in [0.25, 0.3) is 7.38 Å². The van der Waals surface area contributed by atoms with E-state index in [0.717, 1.165) is 0 Å². The Morgan fingerprint density at radius 1 is 1.80 bits per heavy atom. The van der Waals surface area contributed by atoms with Crippen LogP contribution in [0, 0.1) is 0 Å². The standard InChI is InChI=1S/ClH2O2P.Fe/c1-4(2)3;/h4H,(H,2,3);. The van der Waals surface area contributed by atoms with Gasteiger partial charge in [-0.05, 0) is 11.2 Å². The van der Waals surface area contributed by atoms with Crippen LogP contribution >= 0.6 is 18.6 Å². The minimum atomic E-state index is -2.66. The molecule has 0 aromatic rings. The molecule has 0 bridgehead atoms. The number of halogens is 1. The zero-order valence-electron chi connectivity index (χ0n) is 2.09. The summed E-state index contributed by atoms with van der Waals surface area (Å²) in [7, 11) is -2.66. The van der Waals surface area contributed by atoms with Gasteiger partial charge in [-0.2, -0.15) is 0 Å². The summed E-state index contributed by atoms with van der Waals surface area (Å²) < 4.78 is 8.95. The Labute approximate surface area is 45.7 Å². The second kappa shape index (κ2) is 5.00. The maximum atomic E-state index is 8.95. The molecule has 5 heteroatoms. The smallest absolute Gasteiger partial charge is 0.276 e. The molecule has 0 aliphatic rings. The summed E-state index contributed by atoms with van der Waals surface area (Å²) in [5.41, 5.74) is 0. The fraction of sp³-hybridized carbons (Fsp3) is 0. The van der Waals surface area contributed by atoms with E-state index in [1.54, 1.807) is 0 Å². The summed E-state index contributed by atoms with van der Waals surface area (Å²) in [6.07, 6.45) is 0. The molecule has 1 unspecified atom stereocenters. The first kappa shape index (κ1) is 9.37. The molecular formula is H2ClFeO2P. The van der Waals surface area contributed by atoms with Crippen LogP contribution in [0.5, 0.6) is 0 Å². The molecule has 0 aliphatic heterocycles. The van der Waals surface area contributed by atoms with Crippen molar-refractivity contribution < 1.29 is 26.5 Å². The predicted octanol–water partition coefficient (Wildman–Crippen LogP) is 0.605. The first-order chi connectivity index (χ1) is 1.73. The summed E-state index contributed by atoms with van der Waals surface area (Å²) in [4.78, 5) is 7.37. The molecule has 0 saturated carbocycles. The zero-order chi connectivity index (χ0) is 3.58. The number of hydrogen-bond acceptors (Lipinski definition) is 1. The van der Waals surface area contributed by atoms with Crippen LogP contribution in [0.2, 0.25) is 0 Å². The van der Waals surface area contributed by atoms with Crippen molar-refractivity contribution in [3.05, 3.63) is 0 Å². The van der Waals surface area contributed by atoms with Crippen LogP contribution in [0.15, 0.2) is 0 Å². The fourth-order valence-corrected chi connectivity index (χ4v) is 0. The molecule has 5 heavy (non-hydrogen) atoms. The first-order valence-corrected chi connectivity index (χ1v) is 2.98. The van der Waals surface area contributed by atoms with Crippen molar-refractivity contribution in [1.29, 1.82) is 0 Å². The fourth-order valence-electron chi connectivity index (χ4n) is 0. The van der Waals surface area contributed by atoms with Crippen LogP contribution in [0.1, 0.15) is 0 Å². The Morgan fingerprint density at radius 2 is 1.80 bits per heavy atom. The Morgan fingerprint density at radius 3 is 1.80 bits per heavy atom. The molecule has 2 nitrogen and oxygen atoms in total. The van der Waals surface area contributed by atoms with Crippen molar-refractivity contribution in [2.75, 3.05) is 0 Å². The number of hydrogen-bond donors (Lipinski definition) is 1. The van der Waals surface area contributed by atoms with Gasteiger partial charge in [-0.1, -0.05) is 0 Å². The van der Waals surface area contributed by atoms with E-state index in [0.29, 0.717) is 0 Å². The van der Waals surface area contributed by atoms with Gasteiger partial charge in [0.2, 0.25) is 0 Å².